The number of hydrogen-bond donors (Lipinski definition) is 2. The average Bonchev–Trinajstić information content (AvgIpc) is 2.77. The smallest absolute Gasteiger partial charge is 0.329 e. The molecule has 3 rings (SSSR count). The zero-order chi connectivity index (χ0) is 20.3. The van der Waals surface area contributed by atoms with E-state index >= 15 is 0 Å². The second kappa shape index (κ2) is 10.4. The number of carbonyl (C=O) groups excluding carboxylic acids is 2. The van der Waals surface area contributed by atoms with Gasteiger partial charge in [0.2, 0.25) is 0 Å². The van der Waals surface area contributed by atoms with Crippen LogP contribution in [0.1, 0.15) is 16.7 Å². The van der Waals surface area contributed by atoms with Crippen LogP contribution in [0.25, 0.3) is 0 Å². The molecule has 1 heterocycles. The predicted molar refractivity (Wildman–Crippen MR) is 109 cm³/mol. The third kappa shape index (κ3) is 6.59. The maximum absolute atomic E-state index is 11.8. The Hall–Kier alpha value is -4.00. The molecular formula is C22H20N4O3. The second-order valence-corrected chi connectivity index (χ2v) is 6.09. The van der Waals surface area contributed by atoms with E-state index in [1.54, 1.807) is 30.6 Å². The number of nitrogens with zero attached hydrogens (tertiary/aromatic N) is 2. The summed E-state index contributed by atoms with van der Waals surface area (Å²) in [6.45, 7) is 0.667. The Bertz CT molecular complexity index is 976. The number of benzene rings is 2. The number of rotatable bonds is 7. The van der Waals surface area contributed by atoms with Gasteiger partial charge in [0.15, 0.2) is 0 Å². The van der Waals surface area contributed by atoms with Crippen LogP contribution in [0.4, 0.5) is 0 Å². The van der Waals surface area contributed by atoms with Crippen LogP contribution in [0.5, 0.6) is 5.75 Å². The fraction of sp³-hybridized carbons (Fsp3) is 0.0909. The SMILES string of the molecule is O=C(NCc1cccnc1)C(=O)N/N=C/c1cccc(OCc2ccccc2)c1. The van der Waals surface area contributed by atoms with Gasteiger partial charge in [-0.2, -0.15) is 5.10 Å². The van der Waals surface area contributed by atoms with E-state index in [1.165, 1.54) is 6.21 Å². The van der Waals surface area contributed by atoms with Gasteiger partial charge >= 0.3 is 11.8 Å². The summed E-state index contributed by atoms with van der Waals surface area (Å²) in [5.74, 6) is -0.939. The van der Waals surface area contributed by atoms with Crippen molar-refractivity contribution >= 4 is 18.0 Å². The highest BCUT2D eigenvalue weighted by atomic mass is 16.5. The van der Waals surface area contributed by atoms with Gasteiger partial charge in [-0.25, -0.2) is 5.43 Å². The lowest BCUT2D eigenvalue weighted by Crippen LogP contribution is -2.37. The first-order chi connectivity index (χ1) is 14.2. The van der Waals surface area contributed by atoms with Gasteiger partial charge in [0, 0.05) is 18.9 Å². The summed E-state index contributed by atoms with van der Waals surface area (Å²) in [5, 5.41) is 6.33. The molecular weight excluding hydrogens is 368 g/mol. The van der Waals surface area contributed by atoms with Crippen molar-refractivity contribution < 1.29 is 14.3 Å². The number of aromatic nitrogens is 1. The Labute approximate surface area is 168 Å². The standard InChI is InChI=1S/C22H20N4O3/c27-21(24-14-19-9-5-11-23-13-19)22(28)26-25-15-18-8-4-10-20(12-18)29-16-17-6-2-1-3-7-17/h1-13,15H,14,16H2,(H,24,27)(H,26,28)/b25-15+. The number of ether oxygens (including phenoxy) is 1. The largest absolute Gasteiger partial charge is 0.489 e. The molecule has 0 aliphatic rings. The molecule has 2 N–H and O–H groups in total. The van der Waals surface area contributed by atoms with Crippen molar-refractivity contribution in [1.82, 2.24) is 15.7 Å². The normalized spacial score (nSPS) is 10.5. The molecule has 0 saturated carbocycles. The fourth-order valence-electron chi connectivity index (χ4n) is 2.41. The molecule has 0 atom stereocenters. The van der Waals surface area contributed by atoms with Crippen LogP contribution in [0.3, 0.4) is 0 Å². The van der Waals surface area contributed by atoms with Crippen LogP contribution in [0.2, 0.25) is 0 Å². The minimum absolute atomic E-state index is 0.213. The van der Waals surface area contributed by atoms with Crippen LogP contribution in [0, 0.1) is 0 Å². The van der Waals surface area contributed by atoms with Crippen molar-refractivity contribution in [2.75, 3.05) is 0 Å². The van der Waals surface area contributed by atoms with E-state index in [4.69, 9.17) is 4.74 Å². The first-order valence-electron chi connectivity index (χ1n) is 8.97. The van der Waals surface area contributed by atoms with Gasteiger partial charge in [0.1, 0.15) is 12.4 Å². The molecule has 0 aliphatic carbocycles. The predicted octanol–water partition coefficient (Wildman–Crippen LogP) is 2.43. The van der Waals surface area contributed by atoms with E-state index in [0.29, 0.717) is 12.4 Å². The summed E-state index contributed by atoms with van der Waals surface area (Å²) < 4.78 is 5.75. The van der Waals surface area contributed by atoms with Crippen LogP contribution in [-0.2, 0) is 22.7 Å². The van der Waals surface area contributed by atoms with Crippen molar-refractivity contribution in [1.29, 1.82) is 0 Å². The van der Waals surface area contributed by atoms with Gasteiger partial charge in [0.25, 0.3) is 0 Å². The quantitative estimate of drug-likeness (QED) is 0.369. The lowest BCUT2D eigenvalue weighted by molar-refractivity contribution is -0.139. The molecule has 1 aromatic heterocycles. The third-order valence-electron chi connectivity index (χ3n) is 3.87. The number of carbonyl (C=O) groups is 2. The molecule has 146 valence electrons. The molecule has 29 heavy (non-hydrogen) atoms. The molecule has 2 aromatic carbocycles. The Morgan fingerprint density at radius 2 is 1.79 bits per heavy atom. The second-order valence-electron chi connectivity index (χ2n) is 6.09. The summed E-state index contributed by atoms with van der Waals surface area (Å²) in [6, 6.07) is 20.7. The zero-order valence-electron chi connectivity index (χ0n) is 15.6. The van der Waals surface area contributed by atoms with Crippen LogP contribution < -0.4 is 15.5 Å². The fourth-order valence-corrected chi connectivity index (χ4v) is 2.41. The van der Waals surface area contributed by atoms with Crippen LogP contribution in [-0.4, -0.2) is 23.0 Å². The Morgan fingerprint density at radius 3 is 2.59 bits per heavy atom. The lowest BCUT2D eigenvalue weighted by atomic mass is 10.2. The topological polar surface area (TPSA) is 92.7 Å². The van der Waals surface area contributed by atoms with Crippen molar-refractivity contribution in [2.24, 2.45) is 5.10 Å². The van der Waals surface area contributed by atoms with Crippen molar-refractivity contribution in [3.8, 4) is 5.75 Å². The van der Waals surface area contributed by atoms with E-state index in [2.05, 4.69) is 20.8 Å². The maximum atomic E-state index is 11.8. The van der Waals surface area contributed by atoms with E-state index < -0.39 is 11.8 Å². The van der Waals surface area contributed by atoms with E-state index in [0.717, 1.165) is 16.7 Å². The van der Waals surface area contributed by atoms with Crippen LogP contribution in [0.15, 0.2) is 84.2 Å². The molecule has 7 heteroatoms. The molecule has 0 spiro atoms. The Balaban J connectivity index is 1.46. The van der Waals surface area contributed by atoms with Gasteiger partial charge in [-0.05, 0) is 34.9 Å². The molecule has 0 saturated heterocycles. The summed E-state index contributed by atoms with van der Waals surface area (Å²) in [6.07, 6.45) is 4.69. The average molecular weight is 388 g/mol. The molecule has 0 unspecified atom stereocenters. The summed E-state index contributed by atoms with van der Waals surface area (Å²) in [5.41, 5.74) is 4.80. The number of pyridine rings is 1. The Kier molecular flexibility index (Phi) is 7.06. The molecule has 3 aromatic rings. The minimum atomic E-state index is -0.846. The van der Waals surface area contributed by atoms with Gasteiger partial charge in [-0.15, -0.1) is 0 Å². The molecule has 7 nitrogen and oxygen atoms in total. The van der Waals surface area contributed by atoms with E-state index in [-0.39, 0.29) is 6.54 Å². The number of amides is 2. The third-order valence-corrected chi connectivity index (χ3v) is 3.87. The summed E-state index contributed by atoms with van der Waals surface area (Å²) in [7, 11) is 0. The van der Waals surface area contributed by atoms with Crippen molar-refractivity contribution in [2.45, 2.75) is 13.2 Å². The summed E-state index contributed by atoms with van der Waals surface area (Å²) in [4.78, 5) is 27.5. The first kappa shape index (κ1) is 19.8. The lowest BCUT2D eigenvalue weighted by Gasteiger charge is -2.06. The minimum Gasteiger partial charge on any atom is -0.489 e. The number of hydrogen-bond acceptors (Lipinski definition) is 5. The van der Waals surface area contributed by atoms with Crippen LogP contribution >= 0.6 is 0 Å². The summed E-state index contributed by atoms with van der Waals surface area (Å²) >= 11 is 0. The van der Waals surface area contributed by atoms with Gasteiger partial charge in [0.05, 0.1) is 6.21 Å². The highest BCUT2D eigenvalue weighted by Crippen LogP contribution is 2.14. The molecule has 0 aliphatic heterocycles. The monoisotopic (exact) mass is 388 g/mol. The van der Waals surface area contributed by atoms with Gasteiger partial charge in [-0.3, -0.25) is 14.6 Å². The Morgan fingerprint density at radius 1 is 0.966 bits per heavy atom. The highest BCUT2D eigenvalue weighted by Gasteiger charge is 2.11. The van der Waals surface area contributed by atoms with Crippen molar-refractivity contribution in [3.05, 3.63) is 95.8 Å². The number of nitrogens with one attached hydrogen (secondary N) is 2. The number of hydrazone groups is 1. The molecule has 0 radical (unpaired) electrons. The highest BCUT2D eigenvalue weighted by molar-refractivity contribution is 6.35. The first-order valence-corrected chi connectivity index (χ1v) is 8.97. The molecule has 0 fully saturated rings. The maximum Gasteiger partial charge on any atom is 0.329 e. The molecule has 0 bridgehead atoms. The zero-order valence-corrected chi connectivity index (χ0v) is 15.6. The van der Waals surface area contributed by atoms with E-state index in [1.807, 2.05) is 48.5 Å². The van der Waals surface area contributed by atoms with Crippen molar-refractivity contribution in [3.63, 3.8) is 0 Å². The molecule has 2 amide bonds. The van der Waals surface area contributed by atoms with Gasteiger partial charge < -0.3 is 10.1 Å². The van der Waals surface area contributed by atoms with Gasteiger partial charge in [-0.1, -0.05) is 48.5 Å². The van der Waals surface area contributed by atoms with E-state index in [9.17, 15) is 9.59 Å².